The van der Waals surface area contributed by atoms with Gasteiger partial charge in [0.15, 0.2) is 0 Å². The third-order valence-electron chi connectivity index (χ3n) is 9.48. The number of rotatable bonds is 41. The van der Waals surface area contributed by atoms with E-state index in [1.165, 1.54) is 89.9 Å². The number of nitrogens with two attached hydrogens (primary N) is 1. The number of phosphoric acid groups is 1. The van der Waals surface area contributed by atoms with Crippen LogP contribution in [0.25, 0.3) is 0 Å². The van der Waals surface area contributed by atoms with Crippen molar-refractivity contribution in [3.63, 3.8) is 0 Å². The molecule has 0 aliphatic heterocycles. The van der Waals surface area contributed by atoms with Gasteiger partial charge in [0.05, 0.1) is 25.4 Å². The number of allylic oxidation sites excluding steroid dienone is 11. The lowest BCUT2D eigenvalue weighted by molar-refractivity contribution is -0.123. The molecule has 0 aliphatic carbocycles. The maximum absolute atomic E-state index is 12.8. The molecule has 56 heavy (non-hydrogen) atoms. The van der Waals surface area contributed by atoms with E-state index in [1.54, 1.807) is 6.08 Å². The monoisotopic (exact) mass is 805 g/mol. The van der Waals surface area contributed by atoms with Crippen LogP contribution in [0.1, 0.15) is 187 Å². The second-order valence-electron chi connectivity index (χ2n) is 14.9. The molecule has 324 valence electrons. The highest BCUT2D eigenvalue weighted by Crippen LogP contribution is 2.43. The van der Waals surface area contributed by atoms with E-state index in [1.807, 2.05) is 6.08 Å². The van der Waals surface area contributed by atoms with Crippen molar-refractivity contribution < 1.29 is 28.4 Å². The maximum atomic E-state index is 12.8. The highest BCUT2D eigenvalue weighted by atomic mass is 31.2. The second kappa shape index (κ2) is 42.5. The Labute approximate surface area is 344 Å². The number of aliphatic hydroxyl groups is 1. The Kier molecular flexibility index (Phi) is 41.0. The zero-order valence-corrected chi connectivity index (χ0v) is 36.7. The molecule has 0 aliphatic rings. The van der Waals surface area contributed by atoms with Crippen LogP contribution in [0, 0.1) is 0 Å². The van der Waals surface area contributed by atoms with Gasteiger partial charge in [-0.25, -0.2) is 4.57 Å². The number of unbranched alkanes of at least 4 members (excludes halogenated alkanes) is 19. The molecule has 0 rings (SSSR count). The van der Waals surface area contributed by atoms with Crippen molar-refractivity contribution in [2.75, 3.05) is 19.8 Å². The topological polar surface area (TPSA) is 131 Å². The van der Waals surface area contributed by atoms with Crippen LogP contribution in [-0.4, -0.2) is 47.8 Å². The highest BCUT2D eigenvalue weighted by molar-refractivity contribution is 7.47. The van der Waals surface area contributed by atoms with Gasteiger partial charge in [-0.15, -0.1) is 0 Å². The SMILES string of the molecule is CCCCCC/C=C/CC/C=C/CC/C=C/C(O)C(COP(=O)(O)OCCN)NC(=O)CCCCCCCCCC/C=C\C/C=C\C/C=C\CCCCCCC. The molecule has 0 saturated carbocycles. The average Bonchev–Trinajstić information content (AvgIpc) is 3.19. The van der Waals surface area contributed by atoms with E-state index >= 15 is 0 Å². The Morgan fingerprint density at radius 3 is 1.52 bits per heavy atom. The molecule has 0 saturated heterocycles. The molecule has 9 heteroatoms. The minimum atomic E-state index is -4.36. The summed E-state index contributed by atoms with van der Waals surface area (Å²) in [5.74, 6) is -0.219. The van der Waals surface area contributed by atoms with E-state index in [-0.39, 0.29) is 25.7 Å². The van der Waals surface area contributed by atoms with E-state index in [0.717, 1.165) is 77.0 Å². The maximum Gasteiger partial charge on any atom is 0.472 e. The third-order valence-corrected chi connectivity index (χ3v) is 10.5. The Balaban J connectivity index is 4.23. The fraction of sp³-hybridized carbons (Fsp3) is 0.723. The number of aliphatic hydroxyl groups excluding tert-OH is 1. The van der Waals surface area contributed by atoms with Crippen LogP contribution in [0.4, 0.5) is 0 Å². The first-order chi connectivity index (χ1) is 27.4. The summed E-state index contributed by atoms with van der Waals surface area (Å²) in [7, 11) is -4.36. The lowest BCUT2D eigenvalue weighted by Gasteiger charge is -2.23. The highest BCUT2D eigenvalue weighted by Gasteiger charge is 2.26. The van der Waals surface area contributed by atoms with Crippen LogP contribution in [0.15, 0.2) is 72.9 Å². The van der Waals surface area contributed by atoms with Crippen molar-refractivity contribution >= 4 is 13.7 Å². The number of amides is 1. The smallest absolute Gasteiger partial charge is 0.387 e. The standard InChI is InChI=1S/C47H85N2O6P/c1-3-5-7-9-11-13-15-17-19-20-21-22-23-24-25-26-27-29-31-33-35-37-39-41-47(51)49-45(44-55-56(52,53)54-43-42-48)46(50)40-38-36-34-32-30-28-18-16-14-12-10-8-6-4-2/h14-17,20-21,23-24,30,32,38,40,45-46,50H,3-13,18-19,22,25-29,31,33-37,39,41-44,48H2,1-2H3,(H,49,51)(H,52,53)/b16-14+,17-15-,21-20-,24-23-,32-30+,40-38+. The average molecular weight is 805 g/mol. The van der Waals surface area contributed by atoms with Crippen molar-refractivity contribution in [2.45, 2.75) is 199 Å². The largest absolute Gasteiger partial charge is 0.472 e. The van der Waals surface area contributed by atoms with Crippen LogP contribution in [-0.2, 0) is 18.4 Å². The van der Waals surface area contributed by atoms with E-state index in [4.69, 9.17) is 14.8 Å². The van der Waals surface area contributed by atoms with E-state index in [0.29, 0.717) is 6.42 Å². The summed E-state index contributed by atoms with van der Waals surface area (Å²) in [5, 5.41) is 13.6. The Morgan fingerprint density at radius 1 is 0.589 bits per heavy atom. The number of hydrogen-bond acceptors (Lipinski definition) is 6. The van der Waals surface area contributed by atoms with Gasteiger partial charge in [0.25, 0.3) is 0 Å². The first kappa shape index (κ1) is 53.9. The van der Waals surface area contributed by atoms with E-state index in [2.05, 4.69) is 79.9 Å². The van der Waals surface area contributed by atoms with Crippen LogP contribution in [0.3, 0.4) is 0 Å². The van der Waals surface area contributed by atoms with Crippen LogP contribution in [0.5, 0.6) is 0 Å². The zero-order chi connectivity index (χ0) is 41.1. The molecule has 0 aromatic heterocycles. The van der Waals surface area contributed by atoms with Gasteiger partial charge in [0.2, 0.25) is 5.91 Å². The Hall–Kier alpha value is -2.06. The van der Waals surface area contributed by atoms with Gasteiger partial charge in [-0.1, -0.05) is 170 Å². The van der Waals surface area contributed by atoms with E-state index in [9.17, 15) is 19.4 Å². The quantitative estimate of drug-likeness (QED) is 0.0275. The number of nitrogens with one attached hydrogen (secondary N) is 1. The molecular formula is C47H85N2O6P. The van der Waals surface area contributed by atoms with Gasteiger partial charge >= 0.3 is 7.82 Å². The van der Waals surface area contributed by atoms with Crippen LogP contribution >= 0.6 is 7.82 Å². The Morgan fingerprint density at radius 2 is 1.00 bits per heavy atom. The van der Waals surface area contributed by atoms with Crippen LogP contribution < -0.4 is 11.1 Å². The molecular weight excluding hydrogens is 719 g/mol. The van der Waals surface area contributed by atoms with Gasteiger partial charge in [-0.05, 0) is 83.5 Å². The normalized spacial score (nSPS) is 14.7. The summed E-state index contributed by atoms with van der Waals surface area (Å²) >= 11 is 0. The molecule has 0 radical (unpaired) electrons. The molecule has 8 nitrogen and oxygen atoms in total. The van der Waals surface area contributed by atoms with Gasteiger partial charge in [-0.2, -0.15) is 0 Å². The number of carbonyl (C=O) groups is 1. The third kappa shape index (κ3) is 40.1. The molecule has 0 bridgehead atoms. The van der Waals surface area contributed by atoms with Gasteiger partial charge in [-0.3, -0.25) is 13.8 Å². The minimum absolute atomic E-state index is 0.0671. The molecule has 0 aromatic carbocycles. The summed E-state index contributed by atoms with van der Waals surface area (Å²) in [6.07, 6.45) is 55.2. The molecule has 0 heterocycles. The van der Waals surface area contributed by atoms with Crippen molar-refractivity contribution in [3.8, 4) is 0 Å². The van der Waals surface area contributed by atoms with Gasteiger partial charge in [0.1, 0.15) is 0 Å². The lowest BCUT2D eigenvalue weighted by Crippen LogP contribution is -2.45. The summed E-state index contributed by atoms with van der Waals surface area (Å²) in [4.78, 5) is 22.7. The second-order valence-corrected chi connectivity index (χ2v) is 16.3. The summed E-state index contributed by atoms with van der Waals surface area (Å²) in [5.41, 5.74) is 5.37. The lowest BCUT2D eigenvalue weighted by atomic mass is 10.1. The number of phosphoric ester groups is 1. The number of carbonyl (C=O) groups excluding carboxylic acids is 1. The summed E-state index contributed by atoms with van der Waals surface area (Å²) in [6.45, 7) is 4.05. The summed E-state index contributed by atoms with van der Waals surface area (Å²) < 4.78 is 22.1. The van der Waals surface area contributed by atoms with Crippen molar-refractivity contribution in [3.05, 3.63) is 72.9 Å². The molecule has 0 fully saturated rings. The van der Waals surface area contributed by atoms with Crippen molar-refractivity contribution in [1.29, 1.82) is 0 Å². The molecule has 0 aromatic rings. The Bertz CT molecular complexity index is 1100. The van der Waals surface area contributed by atoms with E-state index < -0.39 is 20.0 Å². The van der Waals surface area contributed by atoms with Gasteiger partial charge in [0, 0.05) is 13.0 Å². The predicted octanol–water partition coefficient (Wildman–Crippen LogP) is 12.8. The molecule has 0 spiro atoms. The molecule has 1 amide bonds. The molecule has 3 unspecified atom stereocenters. The zero-order valence-electron chi connectivity index (χ0n) is 35.8. The first-order valence-electron chi connectivity index (χ1n) is 22.6. The van der Waals surface area contributed by atoms with Crippen molar-refractivity contribution in [1.82, 2.24) is 5.32 Å². The fourth-order valence-electron chi connectivity index (χ4n) is 6.05. The van der Waals surface area contributed by atoms with Gasteiger partial charge < -0.3 is 21.1 Å². The first-order valence-corrected chi connectivity index (χ1v) is 24.1. The van der Waals surface area contributed by atoms with Crippen molar-refractivity contribution in [2.24, 2.45) is 5.73 Å². The number of hydrogen-bond donors (Lipinski definition) is 4. The summed E-state index contributed by atoms with van der Waals surface area (Å²) in [6, 6.07) is -0.890. The molecule has 3 atom stereocenters. The predicted molar refractivity (Wildman–Crippen MR) is 240 cm³/mol. The molecule has 5 N–H and O–H groups in total. The fourth-order valence-corrected chi connectivity index (χ4v) is 6.81. The van der Waals surface area contributed by atoms with Crippen LogP contribution in [0.2, 0.25) is 0 Å². The minimum Gasteiger partial charge on any atom is -0.387 e.